The Hall–Kier alpha value is -1.91. The van der Waals surface area contributed by atoms with Crippen LogP contribution < -0.4 is 10.6 Å². The molecule has 0 saturated heterocycles. The maximum absolute atomic E-state index is 7.24. The van der Waals surface area contributed by atoms with E-state index in [1.54, 1.807) is 7.11 Å². The molecule has 0 bridgehead atoms. The third-order valence-electron chi connectivity index (χ3n) is 3.87. The van der Waals surface area contributed by atoms with Gasteiger partial charge < -0.3 is 10.6 Å². The fourth-order valence-corrected chi connectivity index (χ4v) is 2.70. The van der Waals surface area contributed by atoms with Crippen LogP contribution in [0.4, 0.5) is 0 Å². The van der Waals surface area contributed by atoms with Gasteiger partial charge in [-0.15, -0.1) is 5.11 Å². The highest BCUT2D eigenvalue weighted by atomic mass is 16.5. The maximum atomic E-state index is 7.24. The number of hydrogen-bond donors (Lipinski definition) is 2. The molecule has 0 radical (unpaired) electrons. The minimum absolute atomic E-state index is 0.255. The summed E-state index contributed by atoms with van der Waals surface area (Å²) >= 11 is 0. The lowest BCUT2D eigenvalue weighted by Crippen LogP contribution is -2.20. The summed E-state index contributed by atoms with van der Waals surface area (Å²) in [5.74, 6) is 7.25. The summed E-state index contributed by atoms with van der Waals surface area (Å²) in [7, 11) is 1.69. The second kappa shape index (κ2) is 5.61. The van der Waals surface area contributed by atoms with Crippen molar-refractivity contribution in [2.45, 2.75) is 38.5 Å². The molecule has 5 nitrogen and oxygen atoms in total. The summed E-state index contributed by atoms with van der Waals surface area (Å²) in [6.45, 7) is 4.37. The molecule has 0 amide bonds. The Morgan fingerprint density at radius 3 is 2.60 bits per heavy atom. The highest BCUT2D eigenvalue weighted by molar-refractivity contribution is 5.95. The molecule has 1 aromatic carbocycles. The molecule has 1 fully saturated rings. The number of nitrogens with two attached hydrogens (primary N) is 1. The Labute approximate surface area is 119 Å². The molecule has 5 heteroatoms. The number of rotatable bonds is 5. The fourth-order valence-electron chi connectivity index (χ4n) is 2.70. The molecule has 1 saturated carbocycles. The van der Waals surface area contributed by atoms with Crippen LogP contribution in [0.2, 0.25) is 0 Å². The van der Waals surface area contributed by atoms with Crippen molar-refractivity contribution < 1.29 is 4.74 Å². The lowest BCUT2D eigenvalue weighted by atomic mass is 9.90. The first-order chi connectivity index (χ1) is 9.57. The molecule has 108 valence electrons. The highest BCUT2D eigenvalue weighted by Crippen LogP contribution is 2.50. The number of ether oxygens (including phenoxy) is 1. The van der Waals surface area contributed by atoms with E-state index in [0.29, 0.717) is 11.8 Å². The summed E-state index contributed by atoms with van der Waals surface area (Å²) in [6.07, 6.45) is 2.85. The third kappa shape index (κ3) is 2.53. The second-order valence-electron chi connectivity index (χ2n) is 5.77. The minimum Gasteiger partial charge on any atom is -0.496 e. The van der Waals surface area contributed by atoms with Gasteiger partial charge in [0.25, 0.3) is 0 Å². The lowest BCUT2D eigenvalue weighted by Gasteiger charge is -2.17. The molecular formula is C15H22N4O. The van der Waals surface area contributed by atoms with Crippen molar-refractivity contribution >= 4 is 5.84 Å². The maximum Gasteiger partial charge on any atom is 0.180 e. The van der Waals surface area contributed by atoms with Gasteiger partial charge in [-0.25, -0.2) is 5.53 Å². The molecular weight excluding hydrogens is 252 g/mol. The molecule has 0 atom stereocenters. The van der Waals surface area contributed by atoms with Gasteiger partial charge in [0, 0.05) is 0 Å². The topological polar surface area (TPSA) is 83.8 Å². The van der Waals surface area contributed by atoms with Gasteiger partial charge in [0.05, 0.1) is 12.5 Å². The zero-order chi connectivity index (χ0) is 14.8. The van der Waals surface area contributed by atoms with Gasteiger partial charge in [-0.2, -0.15) is 5.10 Å². The number of amidine groups is 1. The average Bonchev–Trinajstić information content (AvgIpc) is 3.21. The van der Waals surface area contributed by atoms with E-state index >= 15 is 0 Å². The van der Waals surface area contributed by atoms with Crippen LogP contribution in [0.3, 0.4) is 0 Å². The first kappa shape index (κ1) is 14.5. The van der Waals surface area contributed by atoms with Crippen molar-refractivity contribution in [3.63, 3.8) is 0 Å². The van der Waals surface area contributed by atoms with Crippen LogP contribution in [-0.2, 0) is 11.8 Å². The van der Waals surface area contributed by atoms with Gasteiger partial charge in [-0.3, -0.25) is 0 Å². The summed E-state index contributed by atoms with van der Waals surface area (Å²) in [6, 6.07) is 6.18. The third-order valence-corrected chi connectivity index (χ3v) is 3.87. The van der Waals surface area contributed by atoms with E-state index in [9.17, 15) is 0 Å². The molecule has 0 unspecified atom stereocenters. The summed E-state index contributed by atoms with van der Waals surface area (Å²) in [5, 5.41) is 7.18. The minimum atomic E-state index is -0.255. The lowest BCUT2D eigenvalue weighted by molar-refractivity contribution is 0.406. The van der Waals surface area contributed by atoms with Gasteiger partial charge in [-0.05, 0) is 42.4 Å². The molecule has 20 heavy (non-hydrogen) atoms. The van der Waals surface area contributed by atoms with Gasteiger partial charge in [0.1, 0.15) is 5.75 Å². The van der Waals surface area contributed by atoms with Crippen molar-refractivity contribution in [2.75, 3.05) is 7.11 Å². The average molecular weight is 274 g/mol. The summed E-state index contributed by atoms with van der Waals surface area (Å²) < 4.78 is 5.43. The quantitative estimate of drug-likeness (QED) is 0.284. The molecule has 0 heterocycles. The monoisotopic (exact) mass is 274 g/mol. The summed E-state index contributed by atoms with van der Waals surface area (Å²) in [4.78, 5) is 0. The molecule has 0 spiro atoms. The van der Waals surface area contributed by atoms with Crippen LogP contribution in [0.25, 0.3) is 0 Å². The number of nitrogens with zero attached hydrogens (tertiary/aromatic N) is 2. The molecule has 1 aliphatic rings. The van der Waals surface area contributed by atoms with Crippen molar-refractivity contribution in [1.29, 1.82) is 5.53 Å². The van der Waals surface area contributed by atoms with Gasteiger partial charge >= 0.3 is 0 Å². The van der Waals surface area contributed by atoms with Crippen LogP contribution in [-0.4, -0.2) is 12.9 Å². The summed E-state index contributed by atoms with van der Waals surface area (Å²) in [5.41, 5.74) is 9.31. The fraction of sp³-hybridized carbons (Fsp3) is 0.533. The second-order valence-corrected chi connectivity index (χ2v) is 5.77. The molecule has 1 aliphatic carbocycles. The van der Waals surface area contributed by atoms with Gasteiger partial charge in [0.15, 0.2) is 5.84 Å². The van der Waals surface area contributed by atoms with E-state index in [1.165, 1.54) is 5.56 Å². The van der Waals surface area contributed by atoms with E-state index < -0.39 is 0 Å². The van der Waals surface area contributed by atoms with Gasteiger partial charge in [0.2, 0.25) is 0 Å². The van der Waals surface area contributed by atoms with E-state index in [1.807, 2.05) is 12.1 Å². The van der Waals surface area contributed by atoms with Crippen molar-refractivity contribution in [3.05, 3.63) is 29.3 Å². The predicted molar refractivity (Wildman–Crippen MR) is 79.2 cm³/mol. The van der Waals surface area contributed by atoms with E-state index in [2.05, 4.69) is 30.1 Å². The van der Waals surface area contributed by atoms with E-state index in [0.717, 1.165) is 30.6 Å². The van der Waals surface area contributed by atoms with Crippen molar-refractivity contribution in [3.8, 4) is 5.75 Å². The smallest absolute Gasteiger partial charge is 0.180 e. The zero-order valence-corrected chi connectivity index (χ0v) is 12.3. The molecule has 2 rings (SSSR count). The largest absolute Gasteiger partial charge is 0.496 e. The van der Waals surface area contributed by atoms with Crippen molar-refractivity contribution in [2.24, 2.45) is 22.0 Å². The Morgan fingerprint density at radius 2 is 2.15 bits per heavy atom. The Bertz CT molecular complexity index is 533. The van der Waals surface area contributed by atoms with Crippen molar-refractivity contribution in [1.82, 2.24) is 0 Å². The number of benzene rings is 1. The zero-order valence-electron chi connectivity index (χ0n) is 12.3. The molecule has 3 N–H and O–H groups in total. The number of hydrogen-bond acceptors (Lipinski definition) is 4. The normalized spacial score (nSPS) is 17.1. The molecule has 1 aromatic rings. The number of hydrazone groups is 1. The SMILES string of the molecule is COc1ccc(C2(C(N=N)=NN)CC2)cc1CC(C)C. The van der Waals surface area contributed by atoms with E-state index in [4.69, 9.17) is 16.1 Å². The Morgan fingerprint density at radius 1 is 1.45 bits per heavy atom. The van der Waals surface area contributed by atoms with Crippen LogP contribution in [0.5, 0.6) is 5.75 Å². The standard InChI is InChI=1S/C15H22N4O/c1-10(2)8-11-9-12(4-5-13(11)20-3)15(6-7-15)14(18-16)19-17/h4-5,9-10,16H,6-8,17H2,1-3H3. The first-order valence-corrected chi connectivity index (χ1v) is 6.90. The molecule has 0 aliphatic heterocycles. The predicted octanol–water partition coefficient (Wildman–Crippen LogP) is 3.23. The molecule has 0 aromatic heterocycles. The van der Waals surface area contributed by atoms with Crippen LogP contribution in [0, 0.1) is 11.4 Å². The van der Waals surface area contributed by atoms with Crippen LogP contribution >= 0.6 is 0 Å². The van der Waals surface area contributed by atoms with E-state index in [-0.39, 0.29) is 5.41 Å². The number of methoxy groups -OCH3 is 1. The van der Waals surface area contributed by atoms with Crippen LogP contribution in [0.1, 0.15) is 37.8 Å². The Balaban J connectivity index is 2.41. The first-order valence-electron chi connectivity index (χ1n) is 6.90. The Kier molecular flexibility index (Phi) is 4.06. The van der Waals surface area contributed by atoms with Crippen LogP contribution in [0.15, 0.2) is 28.4 Å². The van der Waals surface area contributed by atoms with Gasteiger partial charge in [-0.1, -0.05) is 26.0 Å². The number of nitrogens with one attached hydrogen (secondary N) is 1. The highest BCUT2D eigenvalue weighted by Gasteiger charge is 2.50.